The molecule has 2 aromatic carbocycles. The van der Waals surface area contributed by atoms with Crippen LogP contribution in [0.3, 0.4) is 0 Å². The Bertz CT molecular complexity index is 1430. The standard InChI is InChI=1S/C27H29FN2O.C8H18N2S.C2H6.CH2O2/c1-7-9-24-25(22-12-10-16(3)26(28)17(22)4)15-29-27(24)18(5)30-21-11-13-23(19(6)31)20(8-2)14-21;1-3-5-10-7(2)8(9)4-6-11;1-2;2-1-3/h7,9-15,24,30H,5,8H2,1-4,6H3;8,10-11H,2-6,9H2,1H3;1-2H3;1H,(H,2,3)/b9-7-;;;. The Kier molecular flexibility index (Phi) is 21.4. The van der Waals surface area contributed by atoms with E-state index in [4.69, 9.17) is 15.6 Å². The summed E-state index contributed by atoms with van der Waals surface area (Å²) in [5, 5.41) is 13.4. The molecule has 1 aliphatic heterocycles. The van der Waals surface area contributed by atoms with Crippen molar-refractivity contribution in [2.75, 3.05) is 17.6 Å². The molecule has 47 heavy (non-hydrogen) atoms. The molecule has 0 bridgehead atoms. The van der Waals surface area contributed by atoms with Gasteiger partial charge in [0, 0.05) is 41.7 Å². The predicted octanol–water partition coefficient (Wildman–Crippen LogP) is 8.70. The van der Waals surface area contributed by atoms with Gasteiger partial charge in [0.2, 0.25) is 0 Å². The summed E-state index contributed by atoms with van der Waals surface area (Å²) in [5.41, 5.74) is 13.8. The fraction of sp³-hybridized carbons (Fsp3) is 0.395. The van der Waals surface area contributed by atoms with E-state index in [0.29, 0.717) is 16.8 Å². The van der Waals surface area contributed by atoms with E-state index in [1.165, 1.54) is 0 Å². The second-order valence-electron chi connectivity index (χ2n) is 10.5. The smallest absolute Gasteiger partial charge is 0.290 e. The van der Waals surface area contributed by atoms with E-state index in [0.717, 1.165) is 70.9 Å². The Labute approximate surface area is 287 Å². The number of allylic oxidation sites excluding steroid dienone is 4. The average Bonchev–Trinajstić information content (AvgIpc) is 3.47. The van der Waals surface area contributed by atoms with Gasteiger partial charge in [0.25, 0.3) is 6.47 Å². The van der Waals surface area contributed by atoms with Crippen LogP contribution >= 0.6 is 12.6 Å². The van der Waals surface area contributed by atoms with E-state index in [1.54, 1.807) is 33.0 Å². The lowest BCUT2D eigenvalue weighted by atomic mass is 9.87. The molecule has 0 saturated heterocycles. The molecule has 1 aliphatic rings. The Hall–Kier alpha value is -3.95. The number of anilines is 1. The van der Waals surface area contributed by atoms with Crippen molar-refractivity contribution in [2.24, 2.45) is 16.6 Å². The van der Waals surface area contributed by atoms with Crippen molar-refractivity contribution >= 4 is 41.9 Å². The lowest BCUT2D eigenvalue weighted by Gasteiger charge is -2.19. The Balaban J connectivity index is 0.00000111. The Morgan fingerprint density at radius 1 is 1.19 bits per heavy atom. The van der Waals surface area contributed by atoms with Crippen molar-refractivity contribution in [1.82, 2.24) is 5.32 Å². The maximum absolute atomic E-state index is 14.5. The van der Waals surface area contributed by atoms with Gasteiger partial charge in [0.1, 0.15) is 5.82 Å². The first-order valence-corrected chi connectivity index (χ1v) is 16.7. The number of hydrogen-bond acceptors (Lipinski definition) is 7. The molecule has 0 saturated carbocycles. The number of rotatable bonds is 13. The number of nitrogens with one attached hydrogen (secondary N) is 2. The molecule has 9 heteroatoms. The monoisotopic (exact) mass is 666 g/mol. The predicted molar refractivity (Wildman–Crippen MR) is 202 cm³/mol. The third-order valence-electron chi connectivity index (χ3n) is 7.21. The zero-order chi connectivity index (χ0) is 36.1. The summed E-state index contributed by atoms with van der Waals surface area (Å²) in [6, 6.07) is 9.53. The van der Waals surface area contributed by atoms with Crippen molar-refractivity contribution in [1.29, 1.82) is 0 Å². The highest BCUT2D eigenvalue weighted by Crippen LogP contribution is 2.36. The number of carboxylic acid groups (broad SMARTS) is 1. The van der Waals surface area contributed by atoms with Gasteiger partial charge in [-0.05, 0) is 98.7 Å². The summed E-state index contributed by atoms with van der Waals surface area (Å²) in [5.74, 6) is 0.576. The largest absolute Gasteiger partial charge is 0.483 e. The van der Waals surface area contributed by atoms with Crippen molar-refractivity contribution in [2.45, 2.75) is 80.7 Å². The van der Waals surface area contributed by atoms with Gasteiger partial charge in [0.05, 0.1) is 11.4 Å². The molecule has 0 fully saturated rings. The molecule has 3 rings (SSSR count). The van der Waals surface area contributed by atoms with E-state index in [2.05, 4.69) is 54.4 Å². The van der Waals surface area contributed by atoms with Crippen LogP contribution in [0.1, 0.15) is 87.0 Å². The van der Waals surface area contributed by atoms with Gasteiger partial charge >= 0.3 is 0 Å². The maximum Gasteiger partial charge on any atom is 0.290 e. The number of hydrogen-bond donors (Lipinski definition) is 5. The van der Waals surface area contributed by atoms with Crippen LogP contribution in [-0.4, -0.2) is 41.4 Å². The normalized spacial score (nSPS) is 13.7. The highest BCUT2D eigenvalue weighted by molar-refractivity contribution is 7.80. The summed E-state index contributed by atoms with van der Waals surface area (Å²) >= 11 is 4.10. The first-order valence-electron chi connectivity index (χ1n) is 16.1. The van der Waals surface area contributed by atoms with E-state index < -0.39 is 0 Å². The molecule has 258 valence electrons. The summed E-state index contributed by atoms with van der Waals surface area (Å²) < 4.78 is 14.5. The molecule has 2 unspecified atom stereocenters. The van der Waals surface area contributed by atoms with Crippen LogP contribution < -0.4 is 16.4 Å². The molecular formula is C38H55FN4O3S. The second kappa shape index (κ2) is 23.4. The molecule has 0 aromatic heterocycles. The minimum atomic E-state index is -0.250. The summed E-state index contributed by atoms with van der Waals surface area (Å²) in [4.78, 5) is 24.8. The van der Waals surface area contributed by atoms with Gasteiger partial charge in [-0.1, -0.05) is 65.1 Å². The molecule has 1 heterocycles. The molecule has 0 radical (unpaired) electrons. The SMILES string of the molecule is C=C(NCCC)C(N)CCS.C=C(Nc1ccc(C(C)=O)c(CC)c1)C1=NC=C(c2ccc(C)c(F)c2C)C1/C=C\C.CC.O=CO. The van der Waals surface area contributed by atoms with Gasteiger partial charge in [-0.2, -0.15) is 12.6 Å². The minimum Gasteiger partial charge on any atom is -0.483 e. The summed E-state index contributed by atoms with van der Waals surface area (Å²) in [6.45, 7) is 24.0. The van der Waals surface area contributed by atoms with Crippen molar-refractivity contribution < 1.29 is 19.1 Å². The molecule has 2 atom stereocenters. The summed E-state index contributed by atoms with van der Waals surface area (Å²) in [7, 11) is 0. The van der Waals surface area contributed by atoms with E-state index in [1.807, 2.05) is 58.0 Å². The number of ketones is 1. The topological polar surface area (TPSA) is 117 Å². The number of carbonyl (C=O) groups excluding carboxylic acids is 1. The fourth-order valence-electron chi connectivity index (χ4n) is 4.75. The van der Waals surface area contributed by atoms with Crippen LogP contribution in [0.25, 0.3) is 5.57 Å². The van der Waals surface area contributed by atoms with Gasteiger partial charge in [0.15, 0.2) is 5.78 Å². The first-order chi connectivity index (χ1) is 22.4. The third kappa shape index (κ3) is 13.4. The molecule has 2 aromatic rings. The van der Waals surface area contributed by atoms with Crippen LogP contribution in [0.15, 0.2) is 78.2 Å². The lowest BCUT2D eigenvalue weighted by Crippen LogP contribution is -2.31. The van der Waals surface area contributed by atoms with Gasteiger partial charge in [-0.3, -0.25) is 14.6 Å². The number of thiol groups is 1. The zero-order valence-electron chi connectivity index (χ0n) is 29.4. The maximum atomic E-state index is 14.5. The fourth-order valence-corrected chi connectivity index (χ4v) is 5.02. The highest BCUT2D eigenvalue weighted by Gasteiger charge is 2.27. The summed E-state index contributed by atoms with van der Waals surface area (Å²) in [6.07, 6.45) is 8.59. The van der Waals surface area contributed by atoms with Gasteiger partial charge < -0.3 is 21.5 Å². The minimum absolute atomic E-state index is 0.0547. The van der Waals surface area contributed by atoms with Gasteiger partial charge in [-0.15, -0.1) is 0 Å². The second-order valence-corrected chi connectivity index (χ2v) is 11.0. The Morgan fingerprint density at radius 3 is 2.36 bits per heavy atom. The molecule has 0 aliphatic carbocycles. The number of aryl methyl sites for hydroxylation is 2. The first kappa shape index (κ1) is 43.0. The van der Waals surface area contributed by atoms with E-state index in [-0.39, 0.29) is 30.0 Å². The third-order valence-corrected chi connectivity index (χ3v) is 7.47. The van der Waals surface area contributed by atoms with E-state index >= 15 is 0 Å². The molecule has 5 N–H and O–H groups in total. The zero-order valence-corrected chi connectivity index (χ0v) is 30.3. The van der Waals surface area contributed by atoms with Crippen LogP contribution in [-0.2, 0) is 11.2 Å². The van der Waals surface area contributed by atoms with Crippen molar-refractivity contribution in [3.63, 3.8) is 0 Å². The van der Waals surface area contributed by atoms with Crippen molar-refractivity contribution in [3.8, 4) is 0 Å². The van der Waals surface area contributed by atoms with Crippen molar-refractivity contribution in [3.05, 3.63) is 107 Å². The molecular weight excluding hydrogens is 612 g/mol. The van der Waals surface area contributed by atoms with Crippen LogP contribution in [0.2, 0.25) is 0 Å². The van der Waals surface area contributed by atoms with Crippen LogP contribution in [0.4, 0.5) is 10.1 Å². The van der Waals surface area contributed by atoms with Crippen LogP contribution in [0, 0.1) is 25.6 Å². The van der Waals surface area contributed by atoms with E-state index in [9.17, 15) is 9.18 Å². The number of halogens is 1. The molecule has 7 nitrogen and oxygen atoms in total. The van der Waals surface area contributed by atoms with Gasteiger partial charge in [-0.25, -0.2) is 4.39 Å². The lowest BCUT2D eigenvalue weighted by molar-refractivity contribution is -0.122. The Morgan fingerprint density at radius 2 is 1.83 bits per heavy atom. The number of nitrogens with zero attached hydrogens (tertiary/aromatic N) is 1. The molecule has 0 spiro atoms. The molecule has 0 amide bonds. The number of aliphatic imine (C=N–C) groups is 1. The van der Waals surface area contributed by atoms with Crippen LogP contribution in [0.5, 0.6) is 0 Å². The highest BCUT2D eigenvalue weighted by atomic mass is 32.1. The average molecular weight is 667 g/mol. The number of carbonyl (C=O) groups is 2. The number of benzene rings is 2. The number of nitrogens with two attached hydrogens (primary N) is 1. The quantitative estimate of drug-likeness (QED) is 0.0632. The number of Topliss-reactive ketones (excluding diaryl/α,β-unsaturated/α-hetero) is 1.